The van der Waals surface area contributed by atoms with Gasteiger partial charge in [-0.1, -0.05) is 35.9 Å². The zero-order valence-electron chi connectivity index (χ0n) is 19.1. The number of carbonyl (C=O) groups is 1. The van der Waals surface area contributed by atoms with Crippen LogP contribution in [0.5, 0.6) is 5.75 Å². The van der Waals surface area contributed by atoms with Crippen LogP contribution in [0.4, 0.5) is 5.69 Å². The number of hydrogen-bond acceptors (Lipinski definition) is 5. The Morgan fingerprint density at radius 3 is 2.29 bits per heavy atom. The van der Waals surface area contributed by atoms with Gasteiger partial charge in [0, 0.05) is 38.4 Å². The average molecular weight is 426 g/mol. The minimum Gasteiger partial charge on any atom is -0.491 e. The first-order chi connectivity index (χ1) is 14.8. The molecule has 0 saturated carbocycles. The second-order valence-corrected chi connectivity index (χ2v) is 8.63. The SMILES string of the molecule is Cc1ccc(OCC(O)CN2CCN(CC(=O)Nc3c(C)cccc3C)CC2)c(C)c1. The van der Waals surface area contributed by atoms with Crippen LogP contribution < -0.4 is 10.1 Å². The molecule has 6 nitrogen and oxygen atoms in total. The molecule has 0 aliphatic carbocycles. The molecule has 168 valence electrons. The highest BCUT2D eigenvalue weighted by Crippen LogP contribution is 2.20. The number of hydrogen-bond donors (Lipinski definition) is 2. The van der Waals surface area contributed by atoms with E-state index in [0.717, 1.165) is 54.3 Å². The Morgan fingerprint density at radius 2 is 1.65 bits per heavy atom. The summed E-state index contributed by atoms with van der Waals surface area (Å²) in [6, 6.07) is 12.1. The number of ether oxygens (including phenoxy) is 1. The molecule has 1 atom stereocenters. The summed E-state index contributed by atoms with van der Waals surface area (Å²) in [5, 5.41) is 13.4. The summed E-state index contributed by atoms with van der Waals surface area (Å²) >= 11 is 0. The molecule has 1 aliphatic rings. The van der Waals surface area contributed by atoms with Gasteiger partial charge in [-0.3, -0.25) is 14.6 Å². The Kier molecular flexibility index (Phi) is 8.07. The van der Waals surface area contributed by atoms with Gasteiger partial charge >= 0.3 is 0 Å². The first-order valence-corrected chi connectivity index (χ1v) is 11.0. The normalized spacial score (nSPS) is 16.2. The third-order valence-corrected chi connectivity index (χ3v) is 5.81. The number of β-amino-alcohol motifs (C(OH)–C–C–N with tert-alkyl or cyclic N) is 1. The number of anilines is 1. The standard InChI is InChI=1S/C25H35N3O3/c1-18-8-9-23(21(4)14-18)31-17-22(29)15-27-10-12-28(13-11-27)16-24(30)26-25-19(2)6-5-7-20(25)3/h5-9,14,22,29H,10-13,15-17H2,1-4H3,(H,26,30). The van der Waals surface area contributed by atoms with E-state index in [1.54, 1.807) is 0 Å². The van der Waals surface area contributed by atoms with E-state index in [1.165, 1.54) is 5.56 Å². The number of amides is 1. The maximum Gasteiger partial charge on any atom is 0.238 e. The lowest BCUT2D eigenvalue weighted by Crippen LogP contribution is -2.50. The number of aliphatic hydroxyl groups is 1. The molecule has 0 radical (unpaired) electrons. The van der Waals surface area contributed by atoms with Crippen LogP contribution in [-0.4, -0.2) is 72.8 Å². The van der Waals surface area contributed by atoms with E-state index < -0.39 is 6.10 Å². The fourth-order valence-corrected chi connectivity index (χ4v) is 4.02. The van der Waals surface area contributed by atoms with Crippen LogP contribution in [0.15, 0.2) is 36.4 Å². The Labute approximate surface area is 185 Å². The van der Waals surface area contributed by atoms with Gasteiger partial charge in [0.05, 0.1) is 6.54 Å². The molecule has 1 saturated heterocycles. The quantitative estimate of drug-likeness (QED) is 0.681. The molecule has 2 aromatic rings. The van der Waals surface area contributed by atoms with Crippen molar-refractivity contribution in [2.45, 2.75) is 33.8 Å². The first-order valence-electron chi connectivity index (χ1n) is 11.0. The molecule has 0 aromatic heterocycles. The summed E-state index contributed by atoms with van der Waals surface area (Å²) in [6.45, 7) is 12.6. The van der Waals surface area contributed by atoms with E-state index in [-0.39, 0.29) is 12.5 Å². The zero-order valence-corrected chi connectivity index (χ0v) is 19.1. The van der Waals surface area contributed by atoms with Crippen LogP contribution in [0.2, 0.25) is 0 Å². The number of para-hydroxylation sites is 1. The largest absolute Gasteiger partial charge is 0.491 e. The van der Waals surface area contributed by atoms with Crippen LogP contribution in [0.3, 0.4) is 0 Å². The summed E-state index contributed by atoms with van der Waals surface area (Å²) in [6.07, 6.45) is -0.542. The fraction of sp³-hybridized carbons (Fsp3) is 0.480. The van der Waals surface area contributed by atoms with Gasteiger partial charge in [0.1, 0.15) is 18.5 Å². The summed E-state index contributed by atoms with van der Waals surface area (Å²) in [7, 11) is 0. The van der Waals surface area contributed by atoms with E-state index in [9.17, 15) is 9.90 Å². The van der Waals surface area contributed by atoms with Crippen molar-refractivity contribution in [3.63, 3.8) is 0 Å². The van der Waals surface area contributed by atoms with Gasteiger partial charge in [-0.05, 0) is 50.5 Å². The van der Waals surface area contributed by atoms with Gasteiger partial charge in [0.2, 0.25) is 5.91 Å². The van der Waals surface area contributed by atoms with Crippen LogP contribution in [0.1, 0.15) is 22.3 Å². The number of nitrogens with one attached hydrogen (secondary N) is 1. The topological polar surface area (TPSA) is 65.0 Å². The molecule has 6 heteroatoms. The van der Waals surface area contributed by atoms with E-state index in [0.29, 0.717) is 13.1 Å². The Morgan fingerprint density at radius 1 is 1.00 bits per heavy atom. The minimum atomic E-state index is -0.542. The van der Waals surface area contributed by atoms with E-state index in [2.05, 4.69) is 28.1 Å². The number of aliphatic hydroxyl groups excluding tert-OH is 1. The van der Waals surface area contributed by atoms with Gasteiger partial charge in [-0.25, -0.2) is 0 Å². The molecule has 1 amide bonds. The third-order valence-electron chi connectivity index (χ3n) is 5.81. The van der Waals surface area contributed by atoms with Gasteiger partial charge < -0.3 is 15.2 Å². The molecule has 3 rings (SSSR count). The average Bonchev–Trinajstić information content (AvgIpc) is 2.72. The van der Waals surface area contributed by atoms with Gasteiger partial charge in [-0.15, -0.1) is 0 Å². The predicted molar refractivity (Wildman–Crippen MR) is 125 cm³/mol. The molecule has 2 aromatic carbocycles. The monoisotopic (exact) mass is 425 g/mol. The van der Waals surface area contributed by atoms with Crippen LogP contribution >= 0.6 is 0 Å². The summed E-state index contributed by atoms with van der Waals surface area (Å²) in [5.74, 6) is 0.845. The van der Waals surface area contributed by atoms with Crippen molar-refractivity contribution < 1.29 is 14.6 Å². The number of carbonyl (C=O) groups excluding carboxylic acids is 1. The number of piperazine rings is 1. The van der Waals surface area contributed by atoms with Crippen molar-refractivity contribution in [3.05, 3.63) is 58.7 Å². The lowest BCUT2D eigenvalue weighted by molar-refractivity contribution is -0.117. The molecular weight excluding hydrogens is 390 g/mol. The number of nitrogens with zero attached hydrogens (tertiary/aromatic N) is 2. The zero-order chi connectivity index (χ0) is 22.4. The van der Waals surface area contributed by atoms with Crippen molar-refractivity contribution in [2.75, 3.05) is 51.2 Å². The lowest BCUT2D eigenvalue weighted by atomic mass is 10.1. The second-order valence-electron chi connectivity index (χ2n) is 8.63. The molecule has 0 bridgehead atoms. The van der Waals surface area contributed by atoms with Crippen molar-refractivity contribution in [2.24, 2.45) is 0 Å². The van der Waals surface area contributed by atoms with E-state index >= 15 is 0 Å². The highest BCUT2D eigenvalue weighted by molar-refractivity contribution is 5.93. The van der Waals surface area contributed by atoms with Crippen LogP contribution in [0.25, 0.3) is 0 Å². The number of rotatable bonds is 8. The smallest absolute Gasteiger partial charge is 0.238 e. The van der Waals surface area contributed by atoms with Crippen LogP contribution in [-0.2, 0) is 4.79 Å². The van der Waals surface area contributed by atoms with Gasteiger partial charge in [0.25, 0.3) is 0 Å². The van der Waals surface area contributed by atoms with Gasteiger partial charge in [-0.2, -0.15) is 0 Å². The predicted octanol–water partition coefficient (Wildman–Crippen LogP) is 2.92. The molecule has 0 spiro atoms. The highest BCUT2D eigenvalue weighted by Gasteiger charge is 2.21. The summed E-state index contributed by atoms with van der Waals surface area (Å²) < 4.78 is 5.80. The molecule has 1 unspecified atom stereocenters. The van der Waals surface area contributed by atoms with Gasteiger partial charge in [0.15, 0.2) is 0 Å². The Hall–Kier alpha value is -2.41. The number of benzene rings is 2. The Balaban J connectivity index is 1.38. The summed E-state index contributed by atoms with van der Waals surface area (Å²) in [4.78, 5) is 16.9. The molecular formula is C25H35N3O3. The minimum absolute atomic E-state index is 0.0211. The first kappa shape index (κ1) is 23.3. The van der Waals surface area contributed by atoms with Crippen molar-refractivity contribution in [1.29, 1.82) is 0 Å². The third kappa shape index (κ3) is 6.79. The molecule has 1 aliphatic heterocycles. The van der Waals surface area contributed by atoms with E-state index in [1.807, 2.05) is 51.1 Å². The second kappa shape index (κ2) is 10.8. The highest BCUT2D eigenvalue weighted by atomic mass is 16.5. The molecule has 31 heavy (non-hydrogen) atoms. The maximum atomic E-state index is 12.5. The van der Waals surface area contributed by atoms with Crippen molar-refractivity contribution in [3.8, 4) is 5.75 Å². The van der Waals surface area contributed by atoms with Crippen molar-refractivity contribution >= 4 is 11.6 Å². The summed E-state index contributed by atoms with van der Waals surface area (Å²) in [5.41, 5.74) is 5.36. The maximum absolute atomic E-state index is 12.5. The lowest BCUT2D eigenvalue weighted by Gasteiger charge is -2.35. The Bertz CT molecular complexity index is 871. The fourth-order valence-electron chi connectivity index (χ4n) is 4.02. The molecule has 1 heterocycles. The molecule has 1 fully saturated rings. The number of aryl methyl sites for hydroxylation is 4. The van der Waals surface area contributed by atoms with Crippen LogP contribution in [0, 0.1) is 27.7 Å². The molecule has 2 N–H and O–H groups in total. The van der Waals surface area contributed by atoms with Crippen molar-refractivity contribution in [1.82, 2.24) is 9.80 Å². The van der Waals surface area contributed by atoms with E-state index in [4.69, 9.17) is 4.74 Å².